The smallest absolute Gasteiger partial charge is 0.186 e. The van der Waals surface area contributed by atoms with E-state index in [1.807, 2.05) is 36.4 Å². The first-order valence-electron chi connectivity index (χ1n) is 14.3. The van der Waals surface area contributed by atoms with Crippen molar-refractivity contribution in [3.05, 3.63) is 53.6 Å². The fraction of sp³-hybridized carbons (Fsp3) is 0.600. The van der Waals surface area contributed by atoms with Crippen LogP contribution in [0.25, 0.3) is 0 Å². The minimum atomic E-state index is -1.87. The Morgan fingerprint density at radius 3 is 2.36 bits per heavy atom. The van der Waals surface area contributed by atoms with Gasteiger partial charge < -0.3 is 59.4 Å². The number of aliphatic hydroxyl groups excluding tert-OH is 5. The van der Waals surface area contributed by atoms with Crippen LogP contribution in [-0.2, 0) is 31.8 Å². The standard InChI is InChI=1S/C30H40O12/c31-15-30(37)16-39-29(27(30)36)38-14-23-24(33)25(34)26(35)28(42-23)41-19-4-2-1-3-18-8-12-21(32)22(13-18)40-20-10-6-17(5-9-19)7-11-20/h6-8,10-13,19,23-29,31-37H,1-5,9,14-16H2/t19-,23+,24+,25-,26+,27-,28+,29+,30+/m1/s1. The van der Waals surface area contributed by atoms with Gasteiger partial charge in [-0.3, -0.25) is 0 Å². The van der Waals surface area contributed by atoms with Crippen molar-refractivity contribution in [3.63, 3.8) is 0 Å². The quantitative estimate of drug-likeness (QED) is 0.246. The Hall–Kier alpha value is -2.36. The minimum Gasteiger partial charge on any atom is -0.504 e. The van der Waals surface area contributed by atoms with E-state index in [9.17, 15) is 35.7 Å². The van der Waals surface area contributed by atoms with Crippen LogP contribution in [0.1, 0.15) is 36.8 Å². The Labute approximate surface area is 243 Å². The van der Waals surface area contributed by atoms with Crippen molar-refractivity contribution in [3.8, 4) is 17.2 Å². The van der Waals surface area contributed by atoms with Crippen LogP contribution in [-0.4, -0.2) is 110 Å². The van der Waals surface area contributed by atoms with Crippen LogP contribution in [0.5, 0.6) is 17.2 Å². The van der Waals surface area contributed by atoms with Crippen molar-refractivity contribution >= 4 is 0 Å². The van der Waals surface area contributed by atoms with Gasteiger partial charge in [0.2, 0.25) is 0 Å². The molecule has 0 saturated carbocycles. The molecule has 0 radical (unpaired) electrons. The van der Waals surface area contributed by atoms with Gasteiger partial charge in [-0.25, -0.2) is 0 Å². The van der Waals surface area contributed by atoms with E-state index in [0.717, 1.165) is 30.4 Å². The van der Waals surface area contributed by atoms with Crippen LogP contribution in [0, 0.1) is 0 Å². The first-order valence-corrected chi connectivity index (χ1v) is 14.3. The summed E-state index contributed by atoms with van der Waals surface area (Å²) in [7, 11) is 0. The van der Waals surface area contributed by atoms with E-state index < -0.39 is 55.3 Å². The summed E-state index contributed by atoms with van der Waals surface area (Å²) in [5.74, 6) is 1.07. The summed E-state index contributed by atoms with van der Waals surface area (Å²) in [5, 5.41) is 71.8. The number of hydrogen-bond donors (Lipinski definition) is 7. The zero-order chi connectivity index (χ0) is 29.9. The van der Waals surface area contributed by atoms with E-state index in [4.69, 9.17) is 23.7 Å². The Balaban J connectivity index is 1.24. The highest BCUT2D eigenvalue weighted by Gasteiger charge is 2.50. The lowest BCUT2D eigenvalue weighted by molar-refractivity contribution is -0.319. The highest BCUT2D eigenvalue weighted by atomic mass is 16.7. The molecule has 42 heavy (non-hydrogen) atoms. The molecule has 12 heteroatoms. The molecule has 4 heterocycles. The summed E-state index contributed by atoms with van der Waals surface area (Å²) in [6.07, 6.45) is -5.87. The van der Waals surface area contributed by atoms with E-state index in [-0.39, 0.29) is 25.1 Å². The largest absolute Gasteiger partial charge is 0.504 e. The van der Waals surface area contributed by atoms with Gasteiger partial charge in [-0.05, 0) is 67.5 Å². The number of hydrogen-bond acceptors (Lipinski definition) is 12. The van der Waals surface area contributed by atoms with E-state index in [2.05, 4.69) is 0 Å². The third-order valence-electron chi connectivity index (χ3n) is 8.17. The van der Waals surface area contributed by atoms with Gasteiger partial charge in [0, 0.05) is 0 Å². The molecule has 0 aliphatic carbocycles. The number of fused-ring (bicyclic) bond motifs is 8. The molecule has 6 rings (SSSR count). The molecule has 4 aliphatic heterocycles. The first-order chi connectivity index (χ1) is 20.2. The molecule has 0 unspecified atom stereocenters. The predicted molar refractivity (Wildman–Crippen MR) is 146 cm³/mol. The zero-order valence-electron chi connectivity index (χ0n) is 23.2. The number of ether oxygens (including phenoxy) is 5. The number of phenolic OH excluding ortho intramolecular Hbond substituents is 1. The molecular formula is C30H40O12. The van der Waals surface area contributed by atoms with Crippen LogP contribution >= 0.6 is 0 Å². The molecule has 2 fully saturated rings. The van der Waals surface area contributed by atoms with Crippen molar-refractivity contribution in [2.75, 3.05) is 19.8 Å². The maximum absolute atomic E-state index is 10.7. The van der Waals surface area contributed by atoms with Gasteiger partial charge in [-0.1, -0.05) is 24.6 Å². The zero-order valence-corrected chi connectivity index (χ0v) is 23.2. The number of benzene rings is 2. The van der Waals surface area contributed by atoms with Crippen LogP contribution in [0.4, 0.5) is 0 Å². The van der Waals surface area contributed by atoms with Crippen molar-refractivity contribution in [1.82, 2.24) is 0 Å². The second-order valence-corrected chi connectivity index (χ2v) is 11.3. The number of aryl methyl sites for hydroxylation is 2. The maximum atomic E-state index is 10.7. The monoisotopic (exact) mass is 592 g/mol. The van der Waals surface area contributed by atoms with E-state index in [0.29, 0.717) is 30.8 Å². The second-order valence-electron chi connectivity index (χ2n) is 11.3. The molecule has 2 aromatic rings. The predicted octanol–water partition coefficient (Wildman–Crippen LogP) is 0.493. The number of aliphatic hydroxyl groups is 6. The van der Waals surface area contributed by atoms with Crippen LogP contribution in [0.3, 0.4) is 0 Å². The van der Waals surface area contributed by atoms with Gasteiger partial charge in [-0.15, -0.1) is 0 Å². The van der Waals surface area contributed by atoms with Crippen molar-refractivity contribution < 1.29 is 59.4 Å². The van der Waals surface area contributed by atoms with E-state index >= 15 is 0 Å². The lowest BCUT2D eigenvalue weighted by atomic mass is 9.98. The van der Waals surface area contributed by atoms with Crippen LogP contribution in [0.2, 0.25) is 0 Å². The summed E-state index contributed by atoms with van der Waals surface area (Å²) in [4.78, 5) is 0. The average molecular weight is 593 g/mol. The molecule has 9 atom stereocenters. The topological polar surface area (TPSA) is 188 Å². The summed E-state index contributed by atoms with van der Waals surface area (Å²) in [6.45, 7) is -1.42. The SMILES string of the molecule is OC[C@]1(O)CO[C@H](OC[C@@H]2O[C@H](O[C@@H]3CCCCc4ccc(O)c(c4)Oc4ccc(cc4)CC3)[C@@H](O)[C@H](O)[C@H]2O)[C@H]1O. The Morgan fingerprint density at radius 1 is 0.857 bits per heavy atom. The summed E-state index contributed by atoms with van der Waals surface area (Å²) in [6, 6.07) is 12.8. The average Bonchev–Trinajstić information content (AvgIpc) is 3.28. The number of aromatic hydroxyl groups is 1. The van der Waals surface area contributed by atoms with Gasteiger partial charge >= 0.3 is 0 Å². The fourth-order valence-electron chi connectivity index (χ4n) is 5.44. The van der Waals surface area contributed by atoms with E-state index in [1.165, 1.54) is 0 Å². The molecule has 7 N–H and O–H groups in total. The first kappa shape index (κ1) is 31.1. The van der Waals surface area contributed by atoms with Gasteiger partial charge in [0.15, 0.2) is 24.1 Å². The van der Waals surface area contributed by atoms with Gasteiger partial charge in [0.25, 0.3) is 0 Å². The summed E-state index contributed by atoms with van der Waals surface area (Å²) < 4.78 is 28.7. The lowest BCUT2D eigenvalue weighted by Gasteiger charge is -2.41. The van der Waals surface area contributed by atoms with Gasteiger partial charge in [-0.2, -0.15) is 0 Å². The third kappa shape index (κ3) is 7.05. The Bertz CT molecular complexity index is 1160. The molecule has 2 saturated heterocycles. The summed E-state index contributed by atoms with van der Waals surface area (Å²) >= 11 is 0. The number of phenols is 1. The molecule has 4 bridgehead atoms. The Kier molecular flexibility index (Phi) is 10.0. The molecule has 0 aromatic heterocycles. The van der Waals surface area contributed by atoms with Crippen LogP contribution in [0.15, 0.2) is 42.5 Å². The van der Waals surface area contributed by atoms with Crippen molar-refractivity contribution in [2.24, 2.45) is 0 Å². The molecule has 232 valence electrons. The third-order valence-corrected chi connectivity index (χ3v) is 8.17. The lowest BCUT2D eigenvalue weighted by Crippen LogP contribution is -2.60. The molecular weight excluding hydrogens is 552 g/mol. The number of rotatable bonds is 6. The molecule has 0 amide bonds. The normalized spacial score (nSPS) is 35.8. The van der Waals surface area contributed by atoms with Crippen molar-refractivity contribution in [2.45, 2.75) is 93.3 Å². The van der Waals surface area contributed by atoms with Crippen molar-refractivity contribution in [1.29, 1.82) is 0 Å². The second kappa shape index (κ2) is 13.5. The van der Waals surface area contributed by atoms with E-state index in [1.54, 1.807) is 6.07 Å². The Morgan fingerprint density at radius 2 is 1.62 bits per heavy atom. The van der Waals surface area contributed by atoms with Gasteiger partial charge in [0.05, 0.1) is 25.9 Å². The molecule has 4 aliphatic rings. The van der Waals surface area contributed by atoms with Crippen LogP contribution < -0.4 is 4.74 Å². The maximum Gasteiger partial charge on any atom is 0.186 e. The minimum absolute atomic E-state index is 0.0706. The highest BCUT2D eigenvalue weighted by Crippen LogP contribution is 2.33. The molecule has 2 aromatic carbocycles. The molecule has 12 nitrogen and oxygen atoms in total. The molecule has 0 spiro atoms. The fourth-order valence-corrected chi connectivity index (χ4v) is 5.44. The summed E-state index contributed by atoms with van der Waals surface area (Å²) in [5.41, 5.74) is 0.182. The van der Waals surface area contributed by atoms with Gasteiger partial charge in [0.1, 0.15) is 41.9 Å². The highest BCUT2D eigenvalue weighted by molar-refractivity contribution is 5.45.